The van der Waals surface area contributed by atoms with E-state index in [9.17, 15) is 19.5 Å². The summed E-state index contributed by atoms with van der Waals surface area (Å²) in [5.74, 6) is -1.02. The van der Waals surface area contributed by atoms with Crippen LogP contribution < -0.4 is 25.3 Å². The minimum absolute atomic E-state index is 0.00435. The van der Waals surface area contributed by atoms with Crippen molar-refractivity contribution in [3.05, 3.63) is 149 Å². The fourth-order valence-electron chi connectivity index (χ4n) is 9.22. The van der Waals surface area contributed by atoms with E-state index in [-0.39, 0.29) is 120 Å². The van der Waals surface area contributed by atoms with Gasteiger partial charge in [0.1, 0.15) is 52.4 Å². The summed E-state index contributed by atoms with van der Waals surface area (Å²) in [6.45, 7) is 7.13. The molecule has 1 fully saturated rings. The second-order valence-corrected chi connectivity index (χ2v) is 18.8. The van der Waals surface area contributed by atoms with Crippen LogP contribution in [0.3, 0.4) is 0 Å². The number of aromatic hydroxyl groups is 1. The number of rotatable bonds is 17. The molecule has 19 heteroatoms. The minimum atomic E-state index is -0.756. The molecule has 1 N–H and O–H groups in total. The van der Waals surface area contributed by atoms with Crippen LogP contribution in [0, 0.1) is 23.5 Å². The Morgan fingerprint density at radius 1 is 0.771 bits per heavy atom. The van der Waals surface area contributed by atoms with Crippen molar-refractivity contribution in [3.8, 4) is 56.8 Å². The van der Waals surface area contributed by atoms with Crippen LogP contribution in [0.15, 0.2) is 101 Å². The molecule has 2 unspecified atom stereocenters. The average Bonchev–Trinajstić information content (AvgIpc) is 4.00. The number of nitrogens with zero attached hydrogens (tertiary/aromatic N) is 4. The largest absolute Gasteiger partial charge is 0.504 e. The summed E-state index contributed by atoms with van der Waals surface area (Å²) in [5, 5.41) is 10.3. The highest BCUT2D eigenvalue weighted by Gasteiger charge is 2.41. The highest BCUT2D eigenvalue weighted by atomic mass is 35.5. The number of carbonyl (C=O) groups is 1. The van der Waals surface area contributed by atoms with Crippen molar-refractivity contribution >= 4 is 52.4 Å². The van der Waals surface area contributed by atoms with E-state index in [1.54, 1.807) is 39.2 Å². The third kappa shape index (κ3) is 9.94. The van der Waals surface area contributed by atoms with Crippen LogP contribution in [0.2, 0.25) is 20.4 Å². The summed E-state index contributed by atoms with van der Waals surface area (Å²) in [6, 6.07) is 16.5. The summed E-state index contributed by atoms with van der Waals surface area (Å²) in [4.78, 5) is 40.1. The first-order chi connectivity index (χ1) is 33.7. The molecule has 0 spiro atoms. The lowest BCUT2D eigenvalue weighted by Gasteiger charge is -2.26. The van der Waals surface area contributed by atoms with Crippen LogP contribution in [0.1, 0.15) is 50.5 Å². The van der Waals surface area contributed by atoms with Crippen LogP contribution in [-0.2, 0) is 40.4 Å². The molecular weight excluding hydrogens is 992 g/mol. The zero-order chi connectivity index (χ0) is 49.4. The Labute approximate surface area is 420 Å². The van der Waals surface area contributed by atoms with Crippen LogP contribution in [-0.4, -0.2) is 49.6 Å². The number of benzene rings is 4. The second kappa shape index (κ2) is 20.7. The van der Waals surface area contributed by atoms with E-state index in [0.717, 1.165) is 43.4 Å². The third-order valence-electron chi connectivity index (χ3n) is 12.7. The zero-order valence-corrected chi connectivity index (χ0v) is 40.7. The van der Waals surface area contributed by atoms with Gasteiger partial charge in [-0.3, -0.25) is 19.0 Å². The Bertz CT molecular complexity index is 3180. The van der Waals surface area contributed by atoms with E-state index in [1.807, 2.05) is 12.1 Å². The Balaban J connectivity index is 0.959. The van der Waals surface area contributed by atoms with Crippen molar-refractivity contribution in [2.75, 3.05) is 19.8 Å². The van der Waals surface area contributed by atoms with E-state index < -0.39 is 28.7 Å². The van der Waals surface area contributed by atoms with E-state index in [1.165, 1.54) is 41.1 Å². The Morgan fingerprint density at radius 3 is 2.04 bits per heavy atom. The predicted octanol–water partition coefficient (Wildman–Crippen LogP) is 12.2. The molecular formula is C51H46Cl4F2N4O9. The SMILES string of the molecule is C=CCOC(=O)/C=C(\COc1cc([C@H]2CC2CC2CCn3c(Cl)c(-c4cc(Oc5ccccc5O)c(Cl)cc4F)c(=O)n3C2)ccc1Oc1cc(-c2c(Cl)n3n(c2=O)CCCC3)c(F)cc1Cl)OCC. The lowest BCUT2D eigenvalue weighted by atomic mass is 9.95. The zero-order valence-electron chi connectivity index (χ0n) is 37.7. The fourth-order valence-corrected chi connectivity index (χ4v) is 10.3. The van der Waals surface area contributed by atoms with Crippen molar-refractivity contribution in [2.24, 2.45) is 11.8 Å². The molecule has 9 rings (SSSR count). The average molecular weight is 1040 g/mol. The summed E-state index contributed by atoms with van der Waals surface area (Å²) >= 11 is 26.5. The number of carbonyl (C=O) groups excluding carboxylic acids is 1. The Morgan fingerprint density at radius 2 is 1.40 bits per heavy atom. The number of phenolic OH excluding ortho intramolecular Hbond substituents is 1. The van der Waals surface area contributed by atoms with Gasteiger partial charge in [-0.25, -0.2) is 22.9 Å². The van der Waals surface area contributed by atoms with Gasteiger partial charge in [0.15, 0.2) is 23.0 Å². The molecule has 0 saturated heterocycles. The van der Waals surface area contributed by atoms with Gasteiger partial charge in [0.2, 0.25) is 0 Å². The third-order valence-corrected chi connectivity index (χ3v) is 14.0. The van der Waals surface area contributed by atoms with E-state index >= 15 is 8.78 Å². The maximum Gasteiger partial charge on any atom is 0.334 e. The Kier molecular flexibility index (Phi) is 14.4. The predicted molar refractivity (Wildman–Crippen MR) is 262 cm³/mol. The molecule has 0 amide bonds. The van der Waals surface area contributed by atoms with Gasteiger partial charge in [-0.1, -0.05) is 77.3 Å². The first-order valence-corrected chi connectivity index (χ1v) is 24.2. The number of fused-ring (bicyclic) bond motifs is 2. The molecule has 4 aromatic carbocycles. The molecule has 6 aromatic rings. The highest BCUT2D eigenvalue weighted by Crippen LogP contribution is 2.53. The number of phenols is 1. The van der Waals surface area contributed by atoms with Gasteiger partial charge in [-0.2, -0.15) is 0 Å². The topological polar surface area (TPSA) is 137 Å². The normalized spacial score (nSPS) is 17.4. The minimum Gasteiger partial charge on any atom is -0.504 e. The van der Waals surface area contributed by atoms with E-state index in [2.05, 4.69) is 6.58 Å². The standard InChI is InChI=1S/C51H46Cl4F2N4O9/c1-3-17-67-45(63)21-31(66-4-2)27-68-44-20-29(11-12-41(44)70-43-23-33(37(56)25-36(43)53)46-48(54)58-14-7-8-15-60(58)50(46)64)32-19-30(32)18-28-13-16-59-49(55)47(51(65)61(59)26-28)34-22-42(35(52)24-38(34)57)69-40-10-6-5-9-39(40)62/h3,5-6,9-12,20-25,28,30,32,62H,1,4,7-8,13-19,26-27H2,2H3/b31-21+/t28?,30?,32-/m1/s1. The van der Waals surface area contributed by atoms with Crippen molar-refractivity contribution in [1.29, 1.82) is 0 Å². The fraction of sp³-hybridized carbons (Fsp3) is 0.314. The van der Waals surface area contributed by atoms with E-state index in [4.69, 9.17) is 70.1 Å². The smallest absolute Gasteiger partial charge is 0.334 e. The number of para-hydroxylation sites is 2. The van der Waals surface area contributed by atoms with Gasteiger partial charge in [0, 0.05) is 37.3 Å². The molecule has 2 aliphatic heterocycles. The Hall–Kier alpha value is -6.13. The molecule has 3 atom stereocenters. The van der Waals surface area contributed by atoms with Gasteiger partial charge >= 0.3 is 5.97 Å². The van der Waals surface area contributed by atoms with E-state index in [0.29, 0.717) is 32.6 Å². The summed E-state index contributed by atoms with van der Waals surface area (Å²) in [7, 11) is 0. The van der Waals surface area contributed by atoms with Gasteiger partial charge in [0.05, 0.1) is 33.9 Å². The number of hydrogen-bond donors (Lipinski definition) is 1. The first kappa shape index (κ1) is 48.9. The number of hydrogen-bond acceptors (Lipinski definition) is 9. The molecule has 3 aliphatic rings. The van der Waals surface area contributed by atoms with Gasteiger partial charge in [0.25, 0.3) is 11.1 Å². The van der Waals surface area contributed by atoms with Crippen LogP contribution in [0.25, 0.3) is 22.3 Å². The maximum absolute atomic E-state index is 15.7. The van der Waals surface area contributed by atoms with Crippen LogP contribution in [0.4, 0.5) is 8.78 Å². The number of halogens is 6. The molecule has 13 nitrogen and oxygen atoms in total. The molecule has 1 saturated carbocycles. The number of ether oxygens (including phenoxy) is 5. The molecule has 4 heterocycles. The summed E-state index contributed by atoms with van der Waals surface area (Å²) in [5.41, 5.74) is -0.110. The second-order valence-electron chi connectivity index (χ2n) is 17.2. The monoisotopic (exact) mass is 1040 g/mol. The lowest BCUT2D eigenvalue weighted by Crippen LogP contribution is -2.33. The number of esters is 1. The van der Waals surface area contributed by atoms with Crippen molar-refractivity contribution in [2.45, 2.75) is 71.1 Å². The molecule has 70 heavy (non-hydrogen) atoms. The number of aromatic nitrogens is 4. The lowest BCUT2D eigenvalue weighted by molar-refractivity contribution is -0.136. The molecule has 0 bridgehead atoms. The summed E-state index contributed by atoms with van der Waals surface area (Å²) in [6.07, 6.45) is 6.59. The molecule has 2 aromatic heterocycles. The molecule has 366 valence electrons. The van der Waals surface area contributed by atoms with Gasteiger partial charge in [-0.05, 0) is 111 Å². The molecule has 0 radical (unpaired) electrons. The van der Waals surface area contributed by atoms with Crippen molar-refractivity contribution in [1.82, 2.24) is 18.7 Å². The van der Waals surface area contributed by atoms with Gasteiger partial charge < -0.3 is 28.8 Å². The maximum atomic E-state index is 15.7. The van der Waals surface area contributed by atoms with Crippen LogP contribution >= 0.6 is 46.4 Å². The summed E-state index contributed by atoms with van der Waals surface area (Å²) < 4.78 is 67.0. The quantitative estimate of drug-likeness (QED) is 0.0410. The van der Waals surface area contributed by atoms with Crippen molar-refractivity contribution < 1.29 is 42.4 Å². The first-order valence-electron chi connectivity index (χ1n) is 22.7. The highest BCUT2D eigenvalue weighted by molar-refractivity contribution is 6.34. The van der Waals surface area contributed by atoms with Crippen molar-refractivity contribution in [3.63, 3.8) is 0 Å². The van der Waals surface area contributed by atoms with Crippen LogP contribution in [0.5, 0.6) is 34.5 Å². The van der Waals surface area contributed by atoms with Gasteiger partial charge in [-0.15, -0.1) is 0 Å². The molecule has 1 aliphatic carbocycles.